The van der Waals surface area contributed by atoms with Crippen molar-refractivity contribution < 1.29 is 14.6 Å². The third-order valence-corrected chi connectivity index (χ3v) is 5.48. The molecule has 7 heteroatoms. The normalized spacial score (nSPS) is 14.2. The molecule has 0 saturated heterocycles. The molecule has 1 aromatic carbocycles. The van der Waals surface area contributed by atoms with Crippen LogP contribution in [0.25, 0.3) is 16.7 Å². The van der Waals surface area contributed by atoms with Gasteiger partial charge in [-0.15, -0.1) is 0 Å². The molecule has 1 saturated carbocycles. The molecule has 28 heavy (non-hydrogen) atoms. The van der Waals surface area contributed by atoms with Crippen molar-refractivity contribution in [3.63, 3.8) is 0 Å². The van der Waals surface area contributed by atoms with Gasteiger partial charge in [0.25, 0.3) is 0 Å². The summed E-state index contributed by atoms with van der Waals surface area (Å²) in [6.45, 7) is 1.50. The van der Waals surface area contributed by atoms with E-state index in [-0.39, 0.29) is 5.69 Å². The van der Waals surface area contributed by atoms with Crippen LogP contribution >= 0.6 is 0 Å². The van der Waals surface area contributed by atoms with Gasteiger partial charge in [0.05, 0.1) is 18.5 Å². The summed E-state index contributed by atoms with van der Waals surface area (Å²) < 4.78 is 6.95. The van der Waals surface area contributed by atoms with Crippen LogP contribution in [0.3, 0.4) is 0 Å². The van der Waals surface area contributed by atoms with E-state index in [0.29, 0.717) is 18.2 Å². The highest BCUT2D eigenvalue weighted by Crippen LogP contribution is 2.41. The lowest BCUT2D eigenvalue weighted by molar-refractivity contribution is 0.0691. The van der Waals surface area contributed by atoms with Gasteiger partial charge in [-0.2, -0.15) is 5.10 Å². The zero-order valence-electron chi connectivity index (χ0n) is 16.1. The zero-order chi connectivity index (χ0) is 19.7. The fraction of sp³-hybridized carbons (Fsp3) is 0.381. The lowest BCUT2D eigenvalue weighted by atomic mass is 9.79. The number of nitrogens with zero attached hydrogens (tertiary/aromatic N) is 4. The van der Waals surface area contributed by atoms with Crippen molar-refractivity contribution in [3.05, 3.63) is 47.8 Å². The maximum Gasteiger partial charge on any atom is 0.354 e. The van der Waals surface area contributed by atoms with Crippen molar-refractivity contribution >= 4 is 22.7 Å². The molecule has 0 atom stereocenters. The highest BCUT2D eigenvalue weighted by molar-refractivity contribution is 5.89. The first-order valence-corrected chi connectivity index (χ1v) is 9.51. The Hall–Kier alpha value is -2.93. The molecule has 1 fully saturated rings. The lowest BCUT2D eigenvalue weighted by Crippen LogP contribution is -2.25. The van der Waals surface area contributed by atoms with Crippen LogP contribution in [-0.4, -0.2) is 53.1 Å². The highest BCUT2D eigenvalue weighted by atomic mass is 16.5. The number of carbonyl (C=O) groups is 1. The molecule has 2 aromatic heterocycles. The van der Waals surface area contributed by atoms with E-state index in [9.17, 15) is 9.90 Å². The summed E-state index contributed by atoms with van der Waals surface area (Å²) in [6.07, 6.45) is 5.35. The van der Waals surface area contributed by atoms with Gasteiger partial charge in [0.1, 0.15) is 0 Å². The number of likely N-dealkylation sites (N-methyl/N-ethyl adjacent to an activating group) is 1. The largest absolute Gasteiger partial charge is 0.477 e. The Morgan fingerprint density at radius 1 is 1.32 bits per heavy atom. The maximum atomic E-state index is 11.3. The number of aromatic nitrogens is 3. The molecule has 0 radical (unpaired) electrons. The van der Waals surface area contributed by atoms with Gasteiger partial charge in [0.2, 0.25) is 0 Å². The third-order valence-electron chi connectivity index (χ3n) is 5.48. The monoisotopic (exact) mass is 380 g/mol. The summed E-state index contributed by atoms with van der Waals surface area (Å²) in [5.74, 6) is -0.496. The number of hydrogen-bond acceptors (Lipinski definition) is 5. The fourth-order valence-electron chi connectivity index (χ4n) is 3.63. The van der Waals surface area contributed by atoms with E-state index >= 15 is 0 Å². The summed E-state index contributed by atoms with van der Waals surface area (Å²) in [6, 6.07) is 9.55. The summed E-state index contributed by atoms with van der Waals surface area (Å²) >= 11 is 0. The molecule has 4 rings (SSSR count). The number of carboxylic acids is 1. The molecule has 0 amide bonds. The number of methoxy groups -OCH3 is 1. The molecule has 2 heterocycles. The Labute approximate surface area is 163 Å². The van der Waals surface area contributed by atoms with Crippen LogP contribution < -0.4 is 4.90 Å². The Bertz CT molecular complexity index is 1010. The molecule has 0 bridgehead atoms. The Balaban J connectivity index is 1.77. The molecule has 3 aromatic rings. The van der Waals surface area contributed by atoms with E-state index in [4.69, 9.17) is 4.74 Å². The first-order chi connectivity index (χ1) is 13.6. The average Bonchev–Trinajstić information content (AvgIpc) is 3.07. The van der Waals surface area contributed by atoms with Crippen LogP contribution in [0.5, 0.6) is 0 Å². The Morgan fingerprint density at radius 2 is 2.14 bits per heavy atom. The third kappa shape index (κ3) is 3.33. The van der Waals surface area contributed by atoms with Crippen LogP contribution in [0, 0.1) is 0 Å². The number of anilines is 1. The molecule has 1 aliphatic carbocycles. The van der Waals surface area contributed by atoms with E-state index in [1.807, 2.05) is 6.07 Å². The number of rotatable bonds is 7. The molecule has 146 valence electrons. The van der Waals surface area contributed by atoms with E-state index in [1.165, 1.54) is 36.6 Å². The number of fused-ring (bicyclic) bond motifs is 1. The summed E-state index contributed by atoms with van der Waals surface area (Å²) in [5, 5.41) is 14.5. The van der Waals surface area contributed by atoms with Crippen molar-refractivity contribution in [2.45, 2.75) is 25.2 Å². The van der Waals surface area contributed by atoms with Crippen LogP contribution in [0.1, 0.15) is 41.2 Å². The topological polar surface area (TPSA) is 80.5 Å². The van der Waals surface area contributed by atoms with Gasteiger partial charge in [0.15, 0.2) is 11.3 Å². The quantitative estimate of drug-likeness (QED) is 0.676. The molecule has 0 spiro atoms. The predicted molar refractivity (Wildman–Crippen MR) is 108 cm³/mol. The SMILES string of the molecule is COCCN(C)c1ccc(-n2ncc3ccc(C(=O)O)nc32)cc1C1CCC1. The number of hydrogen-bond donors (Lipinski definition) is 1. The van der Waals surface area contributed by atoms with Gasteiger partial charge in [-0.1, -0.05) is 6.42 Å². The molecule has 0 aliphatic heterocycles. The van der Waals surface area contributed by atoms with Gasteiger partial charge in [-0.25, -0.2) is 14.5 Å². The van der Waals surface area contributed by atoms with Crippen molar-refractivity contribution in [3.8, 4) is 5.69 Å². The molecule has 7 nitrogen and oxygen atoms in total. The van der Waals surface area contributed by atoms with Crippen molar-refractivity contribution in [1.29, 1.82) is 0 Å². The van der Waals surface area contributed by atoms with Gasteiger partial charge in [-0.3, -0.25) is 0 Å². The summed E-state index contributed by atoms with van der Waals surface area (Å²) in [4.78, 5) is 17.8. The second-order valence-corrected chi connectivity index (χ2v) is 7.26. The van der Waals surface area contributed by atoms with E-state index < -0.39 is 5.97 Å². The molecule has 1 N–H and O–H groups in total. The Morgan fingerprint density at radius 3 is 2.82 bits per heavy atom. The Kier molecular flexibility index (Phi) is 5.00. The summed E-state index contributed by atoms with van der Waals surface area (Å²) in [7, 11) is 3.80. The van der Waals surface area contributed by atoms with Crippen LogP contribution in [0.15, 0.2) is 36.5 Å². The maximum absolute atomic E-state index is 11.3. The van der Waals surface area contributed by atoms with Gasteiger partial charge in [0, 0.05) is 31.8 Å². The minimum atomic E-state index is -1.04. The number of pyridine rings is 1. The van der Waals surface area contributed by atoms with Gasteiger partial charge >= 0.3 is 5.97 Å². The van der Waals surface area contributed by atoms with Gasteiger partial charge < -0.3 is 14.7 Å². The summed E-state index contributed by atoms with van der Waals surface area (Å²) in [5.41, 5.74) is 3.99. The average molecular weight is 380 g/mol. The first-order valence-electron chi connectivity index (χ1n) is 9.51. The second kappa shape index (κ2) is 7.59. The smallest absolute Gasteiger partial charge is 0.354 e. The second-order valence-electron chi connectivity index (χ2n) is 7.26. The minimum Gasteiger partial charge on any atom is -0.477 e. The van der Waals surface area contributed by atoms with Crippen LogP contribution in [0.4, 0.5) is 5.69 Å². The van der Waals surface area contributed by atoms with Crippen molar-refractivity contribution in [2.75, 3.05) is 32.2 Å². The number of carboxylic acid groups (broad SMARTS) is 1. The van der Waals surface area contributed by atoms with Crippen molar-refractivity contribution in [1.82, 2.24) is 14.8 Å². The zero-order valence-corrected chi connectivity index (χ0v) is 16.1. The first kappa shape index (κ1) is 18.4. The molecule has 1 aliphatic rings. The molecular formula is C21H24N4O3. The van der Waals surface area contributed by atoms with E-state index in [1.54, 1.807) is 24.1 Å². The van der Waals surface area contributed by atoms with Crippen LogP contribution in [-0.2, 0) is 4.74 Å². The number of aromatic carboxylic acids is 1. The number of ether oxygens (including phenoxy) is 1. The standard InChI is InChI=1S/C21H24N4O3/c1-24(10-11-28-2)19-9-7-16(12-17(19)14-4-3-5-14)25-20-15(13-22-25)6-8-18(23-20)21(26)27/h6-9,12-14H,3-5,10-11H2,1-2H3,(H,26,27). The molecular weight excluding hydrogens is 356 g/mol. The lowest BCUT2D eigenvalue weighted by Gasteiger charge is -2.31. The predicted octanol–water partition coefficient (Wildman–Crippen LogP) is 3.47. The highest BCUT2D eigenvalue weighted by Gasteiger charge is 2.24. The van der Waals surface area contributed by atoms with E-state index in [0.717, 1.165) is 17.6 Å². The fourth-order valence-corrected chi connectivity index (χ4v) is 3.63. The minimum absolute atomic E-state index is 0.0179. The van der Waals surface area contributed by atoms with Crippen molar-refractivity contribution in [2.24, 2.45) is 0 Å². The van der Waals surface area contributed by atoms with Gasteiger partial charge in [-0.05, 0) is 54.7 Å². The van der Waals surface area contributed by atoms with Crippen LogP contribution in [0.2, 0.25) is 0 Å². The molecule has 0 unspecified atom stereocenters. The van der Waals surface area contributed by atoms with E-state index in [2.05, 4.69) is 34.2 Å². The number of benzene rings is 1.